The van der Waals surface area contributed by atoms with Gasteiger partial charge in [-0.3, -0.25) is 0 Å². The van der Waals surface area contributed by atoms with Crippen molar-refractivity contribution in [1.82, 2.24) is 0 Å². The first-order valence-corrected chi connectivity index (χ1v) is 10.2. The molecule has 3 rings (SSSR count). The van der Waals surface area contributed by atoms with Crippen molar-refractivity contribution in [2.45, 2.75) is 63.8 Å². The molecule has 1 aromatic carbocycles. The van der Waals surface area contributed by atoms with Crippen molar-refractivity contribution in [2.75, 3.05) is 14.2 Å². The fourth-order valence-corrected chi connectivity index (χ4v) is 3.81. The zero-order valence-corrected chi connectivity index (χ0v) is 18.5. The molecule has 8 nitrogen and oxygen atoms in total. The Kier molecular flexibility index (Phi) is 6.93. The van der Waals surface area contributed by atoms with Crippen LogP contribution < -0.4 is 9.47 Å². The third-order valence-electron chi connectivity index (χ3n) is 5.21. The Morgan fingerprint density at radius 2 is 1.87 bits per heavy atom. The average Bonchev–Trinajstić information content (AvgIpc) is 3.01. The number of hydrogen-bond donors (Lipinski definition) is 2. The number of hydrogen-bond acceptors (Lipinski definition) is 8. The molecule has 1 unspecified atom stereocenters. The molecular weight excluding hydrogens is 404 g/mol. The first-order chi connectivity index (χ1) is 14.7. The molecule has 2 N–H and O–H groups in total. The van der Waals surface area contributed by atoms with E-state index in [0.29, 0.717) is 18.4 Å². The lowest BCUT2D eigenvalue weighted by atomic mass is 10.0. The Labute approximate surface area is 182 Å². The van der Waals surface area contributed by atoms with Crippen LogP contribution in [0, 0.1) is 0 Å². The van der Waals surface area contributed by atoms with Crippen LogP contribution in [0.25, 0.3) is 6.08 Å². The Balaban J connectivity index is 2.05. The Hall–Kier alpha value is -2.55. The number of carbonyl (C=O) groups is 1. The van der Waals surface area contributed by atoms with Crippen LogP contribution >= 0.6 is 0 Å². The van der Waals surface area contributed by atoms with Crippen LogP contribution in [0.1, 0.15) is 49.5 Å². The van der Waals surface area contributed by atoms with Gasteiger partial charge in [-0.25, -0.2) is 4.79 Å². The molecule has 2 heterocycles. The number of cyclic esters (lactones) is 1. The molecule has 0 radical (unpaired) electrons. The minimum atomic E-state index is -0.869. The number of aliphatic hydroxyl groups is 1. The van der Waals surface area contributed by atoms with Crippen molar-refractivity contribution in [1.29, 1.82) is 0 Å². The normalized spacial score (nSPS) is 28.3. The Bertz CT molecular complexity index is 873. The quantitative estimate of drug-likeness (QED) is 0.540. The van der Waals surface area contributed by atoms with Crippen LogP contribution in [0.4, 0.5) is 0 Å². The highest BCUT2D eigenvalue weighted by atomic mass is 16.8. The molecule has 0 aliphatic carbocycles. The summed E-state index contributed by atoms with van der Waals surface area (Å²) in [7, 11) is 2.83. The van der Waals surface area contributed by atoms with Crippen LogP contribution in [0.15, 0.2) is 24.3 Å². The molecular formula is C23H30O8. The van der Waals surface area contributed by atoms with Gasteiger partial charge in [-0.15, -0.1) is 0 Å². The number of rotatable bonds is 2. The zero-order valence-electron chi connectivity index (χ0n) is 18.5. The van der Waals surface area contributed by atoms with Crippen molar-refractivity contribution in [3.63, 3.8) is 0 Å². The molecule has 0 bridgehead atoms. The summed E-state index contributed by atoms with van der Waals surface area (Å²) in [4.78, 5) is 12.9. The fraction of sp³-hybridized carbons (Fsp3) is 0.522. The summed E-state index contributed by atoms with van der Waals surface area (Å²) in [6.45, 7) is 5.33. The number of carbonyl (C=O) groups excluding carboxylic acids is 1. The molecule has 31 heavy (non-hydrogen) atoms. The highest BCUT2D eigenvalue weighted by Gasteiger charge is 2.43. The monoisotopic (exact) mass is 434 g/mol. The smallest absolute Gasteiger partial charge is 0.342 e. The van der Waals surface area contributed by atoms with Gasteiger partial charge in [0.2, 0.25) is 5.75 Å². The molecule has 0 aromatic heterocycles. The zero-order chi connectivity index (χ0) is 22.8. The molecule has 1 fully saturated rings. The summed E-state index contributed by atoms with van der Waals surface area (Å²) in [6.07, 6.45) is 5.34. The van der Waals surface area contributed by atoms with Crippen molar-refractivity contribution in [2.24, 2.45) is 0 Å². The minimum absolute atomic E-state index is 0.0118. The fourth-order valence-electron chi connectivity index (χ4n) is 3.81. The number of aliphatic hydroxyl groups excluding tert-OH is 1. The number of phenols is 1. The van der Waals surface area contributed by atoms with Gasteiger partial charge in [0.1, 0.15) is 23.9 Å². The van der Waals surface area contributed by atoms with E-state index in [2.05, 4.69) is 0 Å². The van der Waals surface area contributed by atoms with Gasteiger partial charge in [-0.1, -0.05) is 24.3 Å². The summed E-state index contributed by atoms with van der Waals surface area (Å²) < 4.78 is 27.9. The van der Waals surface area contributed by atoms with E-state index in [9.17, 15) is 15.0 Å². The summed E-state index contributed by atoms with van der Waals surface area (Å²) in [5.41, 5.74) is 0.400. The van der Waals surface area contributed by atoms with Gasteiger partial charge < -0.3 is 33.9 Å². The topological polar surface area (TPSA) is 104 Å². The van der Waals surface area contributed by atoms with E-state index in [1.54, 1.807) is 51.1 Å². The highest BCUT2D eigenvalue weighted by Crippen LogP contribution is 2.42. The molecule has 2 aliphatic heterocycles. The Morgan fingerprint density at radius 3 is 2.55 bits per heavy atom. The van der Waals surface area contributed by atoms with E-state index >= 15 is 0 Å². The van der Waals surface area contributed by atoms with E-state index in [-0.39, 0.29) is 22.8 Å². The van der Waals surface area contributed by atoms with Gasteiger partial charge in [-0.05, 0) is 38.8 Å². The maximum atomic E-state index is 12.9. The van der Waals surface area contributed by atoms with E-state index in [4.69, 9.17) is 23.7 Å². The van der Waals surface area contributed by atoms with Crippen LogP contribution in [0.3, 0.4) is 0 Å². The summed E-state index contributed by atoms with van der Waals surface area (Å²) in [6, 6.07) is 1.60. The Morgan fingerprint density at radius 1 is 1.13 bits per heavy atom. The number of aromatic hydroxyl groups is 1. The first-order valence-electron chi connectivity index (χ1n) is 10.2. The van der Waals surface area contributed by atoms with E-state index in [1.807, 2.05) is 0 Å². The lowest BCUT2D eigenvalue weighted by Crippen LogP contribution is -2.34. The largest absolute Gasteiger partial charge is 0.504 e. The van der Waals surface area contributed by atoms with Crippen LogP contribution in [-0.4, -0.2) is 60.6 Å². The minimum Gasteiger partial charge on any atom is -0.504 e. The SMILES string of the molecule is COc1cc2c(c(O)c1OC)C(=O)O[C@@H](C)CC=CC(O)[C@H]1OC(C)(C)O[C@H]1CC=C2. The average molecular weight is 434 g/mol. The second-order valence-electron chi connectivity index (χ2n) is 8.07. The summed E-state index contributed by atoms with van der Waals surface area (Å²) >= 11 is 0. The van der Waals surface area contributed by atoms with E-state index < -0.39 is 36.2 Å². The number of ether oxygens (including phenoxy) is 5. The molecule has 1 saturated heterocycles. The third-order valence-corrected chi connectivity index (χ3v) is 5.21. The van der Waals surface area contributed by atoms with Gasteiger partial charge in [0.25, 0.3) is 0 Å². The second kappa shape index (κ2) is 9.30. The predicted molar refractivity (Wildman–Crippen MR) is 113 cm³/mol. The lowest BCUT2D eigenvalue weighted by Gasteiger charge is -2.20. The van der Waals surface area contributed by atoms with Crippen LogP contribution in [-0.2, 0) is 14.2 Å². The second-order valence-corrected chi connectivity index (χ2v) is 8.07. The van der Waals surface area contributed by atoms with Crippen LogP contribution in [0.2, 0.25) is 0 Å². The number of fused-ring (bicyclic) bond motifs is 2. The first kappa shape index (κ1) is 23.1. The molecule has 1 aromatic rings. The van der Waals surface area contributed by atoms with Gasteiger partial charge in [0, 0.05) is 6.42 Å². The van der Waals surface area contributed by atoms with Gasteiger partial charge in [-0.2, -0.15) is 0 Å². The summed E-state index contributed by atoms with van der Waals surface area (Å²) in [5.74, 6) is -1.53. The van der Waals surface area contributed by atoms with Crippen molar-refractivity contribution in [3.8, 4) is 17.2 Å². The molecule has 4 atom stereocenters. The van der Waals surface area contributed by atoms with Crippen molar-refractivity contribution in [3.05, 3.63) is 35.4 Å². The number of phenolic OH excluding ortho intramolecular Hbond substituents is 1. The molecule has 2 aliphatic rings. The van der Waals surface area contributed by atoms with Gasteiger partial charge in [0.05, 0.1) is 20.3 Å². The van der Waals surface area contributed by atoms with Crippen LogP contribution in [0.5, 0.6) is 17.2 Å². The number of benzene rings is 1. The maximum absolute atomic E-state index is 12.9. The molecule has 0 amide bonds. The van der Waals surface area contributed by atoms with Crippen molar-refractivity contribution < 1.29 is 38.7 Å². The standard InChI is InChI=1S/C23H30O8/c1-13-8-6-10-15(24)20-16(30-23(2,3)31-20)11-7-9-14-12-17(27-4)21(28-5)19(25)18(14)22(26)29-13/h6-7,9-10,12-13,15-16,20,24-25H,8,11H2,1-5H3/t13-,15?,16-,20+/m0/s1. The predicted octanol–water partition coefficient (Wildman–Crippen LogP) is 3.20. The maximum Gasteiger partial charge on any atom is 0.342 e. The molecule has 170 valence electrons. The summed E-state index contributed by atoms with van der Waals surface area (Å²) in [5, 5.41) is 21.3. The molecule has 8 heteroatoms. The number of esters is 1. The molecule has 0 saturated carbocycles. The van der Waals surface area contributed by atoms with E-state index in [0.717, 1.165) is 0 Å². The molecule has 0 spiro atoms. The third kappa shape index (κ3) is 5.03. The number of methoxy groups -OCH3 is 2. The highest BCUT2D eigenvalue weighted by molar-refractivity contribution is 5.98. The van der Waals surface area contributed by atoms with Crippen molar-refractivity contribution >= 4 is 12.0 Å². The van der Waals surface area contributed by atoms with Gasteiger partial charge in [0.15, 0.2) is 17.3 Å². The lowest BCUT2D eigenvalue weighted by molar-refractivity contribution is -0.152. The van der Waals surface area contributed by atoms with E-state index in [1.165, 1.54) is 14.2 Å². The van der Waals surface area contributed by atoms with Gasteiger partial charge >= 0.3 is 5.97 Å².